The van der Waals surface area contributed by atoms with Crippen LogP contribution in [0.2, 0.25) is 0 Å². The first-order valence-corrected chi connectivity index (χ1v) is 9.28. The number of hydrogen-bond acceptors (Lipinski definition) is 4. The van der Waals surface area contributed by atoms with Gasteiger partial charge in [-0.3, -0.25) is 14.2 Å². The number of nitrogens with zero attached hydrogens (tertiary/aromatic N) is 3. The molecule has 27 heavy (non-hydrogen) atoms. The van der Waals surface area contributed by atoms with Crippen molar-refractivity contribution in [3.8, 4) is 0 Å². The summed E-state index contributed by atoms with van der Waals surface area (Å²) in [4.78, 5) is 37.7. The molecule has 0 saturated carbocycles. The van der Waals surface area contributed by atoms with Crippen LogP contribution in [0.15, 0.2) is 27.8 Å². The van der Waals surface area contributed by atoms with E-state index in [0.717, 1.165) is 12.8 Å². The Balaban J connectivity index is 2.20. The first-order valence-electron chi connectivity index (χ1n) is 9.28. The molecular weight excluding hydrogens is 346 g/mol. The SMILES string of the molecule is CC[C@@H](C)NC(=O)c1ccc2c(=O)n(CCC(C)C)c3n[nH]c(=O)n3c2c1. The second kappa shape index (κ2) is 7.38. The van der Waals surface area contributed by atoms with Crippen molar-refractivity contribution < 1.29 is 4.79 Å². The van der Waals surface area contributed by atoms with E-state index in [1.54, 1.807) is 18.2 Å². The molecule has 2 N–H and O–H groups in total. The predicted molar refractivity (Wildman–Crippen MR) is 104 cm³/mol. The first kappa shape index (κ1) is 18.9. The van der Waals surface area contributed by atoms with Crippen molar-refractivity contribution in [1.82, 2.24) is 24.5 Å². The molecule has 3 rings (SSSR count). The topological polar surface area (TPSA) is 101 Å². The fourth-order valence-electron chi connectivity index (χ4n) is 2.96. The molecule has 0 unspecified atom stereocenters. The van der Waals surface area contributed by atoms with E-state index in [-0.39, 0.29) is 23.3 Å². The van der Waals surface area contributed by atoms with Gasteiger partial charge in [-0.25, -0.2) is 14.3 Å². The van der Waals surface area contributed by atoms with Gasteiger partial charge >= 0.3 is 5.69 Å². The lowest BCUT2D eigenvalue weighted by atomic mass is 10.1. The van der Waals surface area contributed by atoms with Gasteiger partial charge in [0.05, 0.1) is 10.9 Å². The number of H-pyrrole nitrogens is 1. The van der Waals surface area contributed by atoms with Gasteiger partial charge in [-0.1, -0.05) is 20.8 Å². The van der Waals surface area contributed by atoms with Gasteiger partial charge in [0.1, 0.15) is 0 Å². The lowest BCUT2D eigenvalue weighted by molar-refractivity contribution is 0.0939. The Morgan fingerprint density at radius 3 is 2.67 bits per heavy atom. The average molecular weight is 371 g/mol. The molecule has 3 aromatic rings. The maximum absolute atomic E-state index is 13.0. The summed E-state index contributed by atoms with van der Waals surface area (Å²) in [6, 6.07) is 4.83. The molecule has 0 radical (unpaired) electrons. The molecule has 1 atom stereocenters. The van der Waals surface area contributed by atoms with Crippen molar-refractivity contribution in [2.75, 3.05) is 0 Å². The number of fused-ring (bicyclic) bond motifs is 3. The van der Waals surface area contributed by atoms with Crippen LogP contribution >= 0.6 is 0 Å². The van der Waals surface area contributed by atoms with Gasteiger partial charge in [0.25, 0.3) is 11.5 Å². The standard InChI is InChI=1S/C19H25N5O3/c1-5-12(4)20-16(25)13-6-7-14-15(10-13)24-18(21-22-19(24)27)23(17(14)26)9-8-11(2)3/h6-7,10-12H,5,8-9H2,1-4H3,(H,20,25)(H,22,27)/t12-/m1/s1. The van der Waals surface area contributed by atoms with E-state index in [4.69, 9.17) is 0 Å². The Hall–Kier alpha value is -2.90. The van der Waals surface area contributed by atoms with E-state index in [1.165, 1.54) is 8.97 Å². The van der Waals surface area contributed by atoms with Gasteiger partial charge in [0.15, 0.2) is 0 Å². The van der Waals surface area contributed by atoms with Crippen molar-refractivity contribution >= 4 is 22.6 Å². The van der Waals surface area contributed by atoms with Crippen molar-refractivity contribution in [3.05, 3.63) is 44.6 Å². The van der Waals surface area contributed by atoms with E-state index in [2.05, 4.69) is 29.4 Å². The second-order valence-electron chi connectivity index (χ2n) is 7.32. The Morgan fingerprint density at radius 1 is 1.26 bits per heavy atom. The Bertz CT molecular complexity index is 1110. The van der Waals surface area contributed by atoms with E-state index in [0.29, 0.717) is 28.9 Å². The average Bonchev–Trinajstić information content (AvgIpc) is 3.02. The third-order valence-corrected chi connectivity index (χ3v) is 4.79. The number of hydrogen-bond donors (Lipinski definition) is 2. The highest BCUT2D eigenvalue weighted by atomic mass is 16.2. The summed E-state index contributed by atoms with van der Waals surface area (Å²) in [6.07, 6.45) is 1.60. The molecule has 144 valence electrons. The van der Waals surface area contributed by atoms with Crippen molar-refractivity contribution in [1.29, 1.82) is 0 Å². The predicted octanol–water partition coefficient (Wildman–Crippen LogP) is 1.91. The van der Waals surface area contributed by atoms with Crippen molar-refractivity contribution in [2.45, 2.75) is 53.1 Å². The molecule has 8 heteroatoms. The number of benzene rings is 1. The second-order valence-corrected chi connectivity index (χ2v) is 7.32. The number of carbonyl (C=O) groups is 1. The molecule has 1 aromatic carbocycles. The van der Waals surface area contributed by atoms with Crippen LogP contribution in [0.25, 0.3) is 16.7 Å². The van der Waals surface area contributed by atoms with Crippen LogP contribution in [0.3, 0.4) is 0 Å². The maximum atomic E-state index is 13.0. The summed E-state index contributed by atoms with van der Waals surface area (Å²) in [5.41, 5.74) is 0.127. The van der Waals surface area contributed by atoms with Gasteiger partial charge in [0.2, 0.25) is 5.78 Å². The highest BCUT2D eigenvalue weighted by molar-refractivity contribution is 5.98. The molecule has 1 amide bonds. The van der Waals surface area contributed by atoms with Gasteiger partial charge in [0, 0.05) is 18.2 Å². The van der Waals surface area contributed by atoms with Crippen LogP contribution in [0.1, 0.15) is 50.9 Å². The number of carbonyl (C=O) groups excluding carboxylic acids is 1. The summed E-state index contributed by atoms with van der Waals surface area (Å²) in [5, 5.41) is 9.72. The normalized spacial score (nSPS) is 12.8. The quantitative estimate of drug-likeness (QED) is 0.691. The Labute approximate surface area is 156 Å². The molecule has 2 heterocycles. The van der Waals surface area contributed by atoms with Crippen molar-refractivity contribution in [3.63, 3.8) is 0 Å². The number of nitrogens with one attached hydrogen (secondary N) is 2. The first-order chi connectivity index (χ1) is 12.8. The highest BCUT2D eigenvalue weighted by Gasteiger charge is 2.17. The minimum absolute atomic E-state index is 0.0360. The molecule has 0 saturated heterocycles. The van der Waals surface area contributed by atoms with E-state index >= 15 is 0 Å². The number of rotatable bonds is 6. The molecule has 8 nitrogen and oxygen atoms in total. The number of aromatic amines is 1. The third kappa shape index (κ3) is 3.51. The summed E-state index contributed by atoms with van der Waals surface area (Å²) < 4.78 is 2.87. The molecule has 2 aromatic heterocycles. The van der Waals surface area contributed by atoms with Crippen LogP contribution in [0.4, 0.5) is 0 Å². The molecular formula is C19H25N5O3. The van der Waals surface area contributed by atoms with Crippen LogP contribution in [-0.4, -0.2) is 31.1 Å². The summed E-state index contributed by atoms with van der Waals surface area (Å²) in [5.74, 6) is 0.433. The van der Waals surface area contributed by atoms with Crippen molar-refractivity contribution in [2.24, 2.45) is 5.92 Å². The molecule has 0 aliphatic heterocycles. The Kier molecular flexibility index (Phi) is 5.16. The zero-order chi connectivity index (χ0) is 19.7. The molecule has 0 bridgehead atoms. The Morgan fingerprint density at radius 2 is 2.00 bits per heavy atom. The number of amides is 1. The summed E-state index contributed by atoms with van der Waals surface area (Å²) in [6.45, 7) is 8.52. The van der Waals surface area contributed by atoms with Crippen LogP contribution in [0.5, 0.6) is 0 Å². The monoisotopic (exact) mass is 371 g/mol. The maximum Gasteiger partial charge on any atom is 0.349 e. The zero-order valence-corrected chi connectivity index (χ0v) is 16.1. The van der Waals surface area contributed by atoms with E-state index in [1.807, 2.05) is 13.8 Å². The van der Waals surface area contributed by atoms with Gasteiger partial charge in [-0.05, 0) is 43.9 Å². The summed E-state index contributed by atoms with van der Waals surface area (Å²) >= 11 is 0. The smallest absolute Gasteiger partial charge is 0.349 e. The van der Waals surface area contributed by atoms with Gasteiger partial charge in [-0.15, -0.1) is 5.10 Å². The minimum Gasteiger partial charge on any atom is -0.350 e. The highest BCUT2D eigenvalue weighted by Crippen LogP contribution is 2.15. The van der Waals surface area contributed by atoms with Crippen LogP contribution < -0.4 is 16.6 Å². The van der Waals surface area contributed by atoms with Gasteiger partial charge in [-0.2, -0.15) is 0 Å². The van der Waals surface area contributed by atoms with Crippen LogP contribution in [0, 0.1) is 5.92 Å². The van der Waals surface area contributed by atoms with E-state index < -0.39 is 5.69 Å². The van der Waals surface area contributed by atoms with E-state index in [9.17, 15) is 14.4 Å². The molecule has 0 aliphatic rings. The number of aromatic nitrogens is 4. The van der Waals surface area contributed by atoms with Crippen LogP contribution in [-0.2, 0) is 6.54 Å². The summed E-state index contributed by atoms with van der Waals surface area (Å²) in [7, 11) is 0. The van der Waals surface area contributed by atoms with Gasteiger partial charge < -0.3 is 5.32 Å². The third-order valence-electron chi connectivity index (χ3n) is 4.79. The molecule has 0 fully saturated rings. The minimum atomic E-state index is -0.437. The lowest BCUT2D eigenvalue weighted by Crippen LogP contribution is -2.32. The zero-order valence-electron chi connectivity index (χ0n) is 16.1. The molecule has 0 spiro atoms. The fourth-order valence-corrected chi connectivity index (χ4v) is 2.96. The lowest BCUT2D eigenvalue weighted by Gasteiger charge is -2.13. The largest absolute Gasteiger partial charge is 0.350 e. The molecule has 0 aliphatic carbocycles. The fraction of sp³-hybridized carbons (Fsp3) is 0.474. The number of aryl methyl sites for hydroxylation is 1.